The first-order valence-corrected chi connectivity index (χ1v) is 7.06. The van der Waals surface area contributed by atoms with E-state index in [1.54, 1.807) is 17.0 Å². The van der Waals surface area contributed by atoms with Crippen molar-refractivity contribution in [2.45, 2.75) is 12.8 Å². The van der Waals surface area contributed by atoms with Crippen LogP contribution >= 0.6 is 0 Å². The second-order valence-corrected chi connectivity index (χ2v) is 5.40. The number of carboxylic acids is 1. The number of nitrogens with one attached hydrogen (secondary N) is 1. The molecule has 0 radical (unpaired) electrons. The van der Waals surface area contributed by atoms with Crippen LogP contribution < -0.4 is 10.2 Å². The lowest BCUT2D eigenvalue weighted by Crippen LogP contribution is -2.44. The van der Waals surface area contributed by atoms with Crippen molar-refractivity contribution in [3.8, 4) is 0 Å². The first-order valence-electron chi connectivity index (χ1n) is 7.06. The van der Waals surface area contributed by atoms with Crippen molar-refractivity contribution in [3.63, 3.8) is 0 Å². The van der Waals surface area contributed by atoms with Gasteiger partial charge in [0.1, 0.15) is 0 Å². The quantitative estimate of drug-likeness (QED) is 0.879. The molecule has 2 amide bonds. The number of carboxylic acid groups (broad SMARTS) is 1. The number of benzene rings is 1. The molecule has 21 heavy (non-hydrogen) atoms. The number of hydrogen-bond acceptors (Lipinski definition) is 3. The molecule has 2 rings (SSSR count). The highest BCUT2D eigenvalue weighted by atomic mass is 16.4. The fourth-order valence-corrected chi connectivity index (χ4v) is 2.52. The summed E-state index contributed by atoms with van der Waals surface area (Å²) in [6.45, 7) is 1.95. The Hall–Kier alpha value is -2.08. The van der Waals surface area contributed by atoms with Gasteiger partial charge in [-0.05, 0) is 44.6 Å². The van der Waals surface area contributed by atoms with Crippen LogP contribution in [0.2, 0.25) is 0 Å². The molecule has 0 aliphatic carbocycles. The molecule has 2 N–H and O–H groups in total. The van der Waals surface area contributed by atoms with Gasteiger partial charge in [0.25, 0.3) is 0 Å². The van der Waals surface area contributed by atoms with Crippen LogP contribution in [0.3, 0.4) is 0 Å². The highest BCUT2D eigenvalue weighted by Crippen LogP contribution is 2.29. The van der Waals surface area contributed by atoms with Gasteiger partial charge in [0, 0.05) is 25.3 Å². The number of amides is 2. The molecule has 0 saturated heterocycles. The zero-order chi connectivity index (χ0) is 15.4. The third-order valence-corrected chi connectivity index (χ3v) is 3.56. The van der Waals surface area contributed by atoms with E-state index in [2.05, 4.69) is 5.32 Å². The molecule has 0 aromatic heterocycles. The molecule has 0 bridgehead atoms. The zero-order valence-corrected chi connectivity index (χ0v) is 12.4. The first-order chi connectivity index (χ1) is 10.0. The predicted molar refractivity (Wildman–Crippen MR) is 81.0 cm³/mol. The fourth-order valence-electron chi connectivity index (χ4n) is 2.52. The maximum atomic E-state index is 12.3. The molecule has 0 unspecified atom stereocenters. The van der Waals surface area contributed by atoms with Gasteiger partial charge >= 0.3 is 12.0 Å². The van der Waals surface area contributed by atoms with Crippen LogP contribution in [0.25, 0.3) is 0 Å². The maximum Gasteiger partial charge on any atom is 0.336 e. The third kappa shape index (κ3) is 3.52. The van der Waals surface area contributed by atoms with E-state index in [9.17, 15) is 14.7 Å². The lowest BCUT2D eigenvalue weighted by atomic mass is 9.96. The van der Waals surface area contributed by atoms with E-state index in [1.165, 1.54) is 0 Å². The number of likely N-dealkylation sites (N-methyl/N-ethyl adjacent to an activating group) is 1. The molecule has 1 aliphatic rings. The predicted octanol–water partition coefficient (Wildman–Crippen LogP) is 1.41. The van der Waals surface area contributed by atoms with E-state index in [0.717, 1.165) is 18.5 Å². The molecular weight excluding hydrogens is 270 g/mol. The average Bonchev–Trinajstić information content (AvgIpc) is 2.45. The molecule has 0 fully saturated rings. The summed E-state index contributed by atoms with van der Waals surface area (Å²) < 4.78 is 0. The number of carbonyl (C=O) groups excluding carboxylic acids is 1. The fraction of sp³-hybridized carbons (Fsp3) is 0.467. The Labute approximate surface area is 124 Å². The number of hydrogen-bond donors (Lipinski definition) is 2. The van der Waals surface area contributed by atoms with E-state index in [4.69, 9.17) is 0 Å². The van der Waals surface area contributed by atoms with Crippen molar-refractivity contribution < 1.29 is 14.7 Å². The SMILES string of the molecule is CN(C)CCNC(=O)N1CCCc2c(C(=O)O)cccc21. The average molecular weight is 291 g/mol. The van der Waals surface area contributed by atoms with Crippen LogP contribution in [-0.4, -0.2) is 55.7 Å². The van der Waals surface area contributed by atoms with Gasteiger partial charge < -0.3 is 15.3 Å². The van der Waals surface area contributed by atoms with Crippen molar-refractivity contribution >= 4 is 17.7 Å². The maximum absolute atomic E-state index is 12.3. The van der Waals surface area contributed by atoms with Gasteiger partial charge in [-0.3, -0.25) is 4.90 Å². The van der Waals surface area contributed by atoms with Crippen molar-refractivity contribution in [2.24, 2.45) is 0 Å². The van der Waals surface area contributed by atoms with Crippen molar-refractivity contribution in [1.29, 1.82) is 0 Å². The van der Waals surface area contributed by atoms with Crippen molar-refractivity contribution in [3.05, 3.63) is 29.3 Å². The summed E-state index contributed by atoms with van der Waals surface area (Å²) in [7, 11) is 3.89. The molecule has 6 nitrogen and oxygen atoms in total. The van der Waals surface area contributed by atoms with Crippen molar-refractivity contribution in [2.75, 3.05) is 38.6 Å². The zero-order valence-electron chi connectivity index (χ0n) is 12.4. The van der Waals surface area contributed by atoms with Crippen LogP contribution in [0.15, 0.2) is 18.2 Å². The van der Waals surface area contributed by atoms with Gasteiger partial charge in [0.15, 0.2) is 0 Å². The van der Waals surface area contributed by atoms with Gasteiger partial charge in [-0.25, -0.2) is 9.59 Å². The molecule has 0 saturated carbocycles. The summed E-state index contributed by atoms with van der Waals surface area (Å²) in [5.41, 5.74) is 1.75. The van der Waals surface area contributed by atoms with E-state index in [-0.39, 0.29) is 6.03 Å². The van der Waals surface area contributed by atoms with Gasteiger partial charge in [-0.2, -0.15) is 0 Å². The number of rotatable bonds is 4. The minimum absolute atomic E-state index is 0.166. The Morgan fingerprint density at radius 2 is 2.14 bits per heavy atom. The Morgan fingerprint density at radius 1 is 1.38 bits per heavy atom. The first kappa shape index (κ1) is 15.3. The molecule has 0 atom stereocenters. The number of nitrogens with zero attached hydrogens (tertiary/aromatic N) is 2. The summed E-state index contributed by atoms with van der Waals surface area (Å²) in [5.74, 6) is -0.943. The Bertz CT molecular complexity index is 543. The normalized spacial score (nSPS) is 14.0. The smallest absolute Gasteiger partial charge is 0.336 e. The largest absolute Gasteiger partial charge is 0.478 e. The van der Waals surface area contributed by atoms with E-state index in [0.29, 0.717) is 30.8 Å². The third-order valence-electron chi connectivity index (χ3n) is 3.56. The summed E-state index contributed by atoms with van der Waals surface area (Å²) in [5, 5.41) is 12.1. The molecule has 0 spiro atoms. The minimum atomic E-state index is -0.943. The molecular formula is C15H21N3O3. The molecule has 1 heterocycles. The number of carbonyl (C=O) groups is 2. The monoisotopic (exact) mass is 291 g/mol. The molecule has 114 valence electrons. The highest BCUT2D eigenvalue weighted by molar-refractivity contribution is 5.97. The van der Waals surface area contributed by atoms with Crippen LogP contribution in [0, 0.1) is 0 Å². The van der Waals surface area contributed by atoms with Crippen LogP contribution in [-0.2, 0) is 6.42 Å². The summed E-state index contributed by atoms with van der Waals surface area (Å²) >= 11 is 0. The van der Waals surface area contributed by atoms with Crippen LogP contribution in [0.1, 0.15) is 22.3 Å². The standard InChI is InChI=1S/C15H21N3O3/c1-17(2)10-8-16-15(21)18-9-4-6-11-12(14(19)20)5-3-7-13(11)18/h3,5,7H,4,6,8-10H2,1-2H3,(H,16,21)(H,19,20). The van der Waals surface area contributed by atoms with Gasteiger partial charge in [-0.15, -0.1) is 0 Å². The number of fused-ring (bicyclic) bond motifs is 1. The number of aromatic carboxylic acids is 1. The van der Waals surface area contributed by atoms with Crippen LogP contribution in [0.5, 0.6) is 0 Å². The Kier molecular flexibility index (Phi) is 4.80. The van der Waals surface area contributed by atoms with E-state index >= 15 is 0 Å². The lowest BCUT2D eigenvalue weighted by Gasteiger charge is -2.30. The second-order valence-electron chi connectivity index (χ2n) is 5.40. The molecule has 1 aromatic carbocycles. The van der Waals surface area contributed by atoms with E-state index < -0.39 is 5.97 Å². The second kappa shape index (κ2) is 6.58. The van der Waals surface area contributed by atoms with Crippen molar-refractivity contribution in [1.82, 2.24) is 10.2 Å². The Balaban J connectivity index is 2.16. The summed E-state index contributed by atoms with van der Waals surface area (Å²) in [6, 6.07) is 4.93. The summed E-state index contributed by atoms with van der Waals surface area (Å²) in [4.78, 5) is 27.2. The summed E-state index contributed by atoms with van der Waals surface area (Å²) in [6.07, 6.45) is 1.47. The molecule has 1 aliphatic heterocycles. The molecule has 6 heteroatoms. The van der Waals surface area contributed by atoms with Crippen LogP contribution in [0.4, 0.5) is 10.5 Å². The van der Waals surface area contributed by atoms with Gasteiger partial charge in [-0.1, -0.05) is 6.07 Å². The highest BCUT2D eigenvalue weighted by Gasteiger charge is 2.25. The minimum Gasteiger partial charge on any atom is -0.478 e. The van der Waals surface area contributed by atoms with Gasteiger partial charge in [0.05, 0.1) is 5.56 Å². The number of anilines is 1. The molecule has 1 aromatic rings. The van der Waals surface area contributed by atoms with Gasteiger partial charge in [0.2, 0.25) is 0 Å². The van der Waals surface area contributed by atoms with E-state index in [1.807, 2.05) is 25.1 Å². The number of urea groups is 1. The Morgan fingerprint density at radius 3 is 2.81 bits per heavy atom. The lowest BCUT2D eigenvalue weighted by molar-refractivity contribution is 0.0695. The topological polar surface area (TPSA) is 72.9 Å².